The molecule has 2 heterocycles. The van der Waals surface area contributed by atoms with Crippen LogP contribution in [-0.4, -0.2) is 60.9 Å². The first-order chi connectivity index (χ1) is 14.3. The van der Waals surface area contributed by atoms with E-state index in [1.165, 1.54) is 17.5 Å². The van der Waals surface area contributed by atoms with Gasteiger partial charge in [-0.05, 0) is 48.9 Å². The lowest BCUT2D eigenvalue weighted by molar-refractivity contribution is 0.0522. The molecular weight excluding hydrogens is 384 g/mol. The van der Waals surface area contributed by atoms with Gasteiger partial charge in [-0.2, -0.15) is 0 Å². The molecule has 2 aromatic carbocycles. The van der Waals surface area contributed by atoms with Crippen LogP contribution in [0.15, 0.2) is 60.7 Å². The summed E-state index contributed by atoms with van der Waals surface area (Å²) in [5.74, 6) is 1.42. The van der Waals surface area contributed by atoms with Gasteiger partial charge in [0.05, 0.1) is 6.04 Å². The minimum absolute atomic E-state index is 0.305. The maximum atomic E-state index is 9.04. The van der Waals surface area contributed by atoms with E-state index in [0.717, 1.165) is 44.9 Å². The summed E-state index contributed by atoms with van der Waals surface area (Å²) in [6, 6.07) is 21.7. The summed E-state index contributed by atoms with van der Waals surface area (Å²) in [5, 5.41) is 20.6. The second-order valence-electron chi connectivity index (χ2n) is 7.59. The Morgan fingerprint density at radius 3 is 1.62 bits per heavy atom. The van der Waals surface area contributed by atoms with Crippen molar-refractivity contribution in [1.29, 1.82) is 0 Å². The zero-order valence-corrected chi connectivity index (χ0v) is 18.1. The van der Waals surface area contributed by atoms with Crippen molar-refractivity contribution in [2.45, 2.75) is 18.9 Å². The van der Waals surface area contributed by atoms with E-state index in [0.29, 0.717) is 25.2 Å². The monoisotopic (exact) mass is 418 g/mol. The maximum absolute atomic E-state index is 9.04. The molecule has 5 heteroatoms. The van der Waals surface area contributed by atoms with Crippen LogP contribution in [0.25, 0.3) is 0 Å². The van der Waals surface area contributed by atoms with Crippen molar-refractivity contribution in [2.24, 2.45) is 11.8 Å². The molecule has 0 aromatic heterocycles. The third-order valence-corrected chi connectivity index (χ3v) is 5.52. The molecule has 4 rings (SSSR count). The normalized spacial score (nSPS) is 16.7. The number of hydrogen-bond acceptors (Lipinski definition) is 4. The predicted molar refractivity (Wildman–Crippen MR) is 121 cm³/mol. The summed E-state index contributed by atoms with van der Waals surface area (Å²) < 4.78 is 0. The van der Waals surface area contributed by atoms with Crippen LogP contribution >= 0.6 is 11.6 Å². The van der Waals surface area contributed by atoms with Crippen molar-refractivity contribution in [2.75, 3.05) is 45.8 Å². The Morgan fingerprint density at radius 1 is 0.828 bits per heavy atom. The van der Waals surface area contributed by atoms with Gasteiger partial charge < -0.3 is 15.5 Å². The number of aliphatic hydroxyl groups excluding tert-OH is 2. The van der Waals surface area contributed by atoms with Crippen LogP contribution in [0.3, 0.4) is 0 Å². The van der Waals surface area contributed by atoms with Gasteiger partial charge in [-0.3, -0.25) is 4.90 Å². The molecule has 0 bridgehead atoms. The number of nitrogens with zero attached hydrogens (tertiary/aromatic N) is 1. The van der Waals surface area contributed by atoms with E-state index in [1.54, 1.807) is 0 Å². The van der Waals surface area contributed by atoms with Crippen LogP contribution in [0.4, 0.5) is 0 Å². The van der Waals surface area contributed by atoms with E-state index in [2.05, 4.69) is 82.5 Å². The number of likely N-dealkylation sites (tertiary alicyclic amines) is 1. The molecule has 0 spiro atoms. The van der Waals surface area contributed by atoms with Gasteiger partial charge in [0.15, 0.2) is 0 Å². The average Bonchev–Trinajstić information content (AvgIpc) is 2.73. The first kappa shape index (κ1) is 23.8. The van der Waals surface area contributed by atoms with Crippen LogP contribution < -0.4 is 5.32 Å². The Bertz CT molecular complexity index is 607. The fourth-order valence-electron chi connectivity index (χ4n) is 3.81. The summed E-state index contributed by atoms with van der Waals surface area (Å²) in [4.78, 5) is 2.50. The molecule has 0 unspecified atom stereocenters. The number of benzene rings is 2. The summed E-state index contributed by atoms with van der Waals surface area (Å²) >= 11 is 4.64. The first-order valence-corrected chi connectivity index (χ1v) is 11.2. The summed E-state index contributed by atoms with van der Waals surface area (Å²) in [6.45, 7) is 5.04. The molecule has 2 fully saturated rings. The van der Waals surface area contributed by atoms with Crippen molar-refractivity contribution in [1.82, 2.24) is 10.2 Å². The van der Waals surface area contributed by atoms with E-state index in [4.69, 9.17) is 10.2 Å². The third-order valence-electron chi connectivity index (χ3n) is 5.52. The van der Waals surface area contributed by atoms with E-state index >= 15 is 0 Å². The van der Waals surface area contributed by atoms with Crippen molar-refractivity contribution >= 4 is 11.6 Å². The summed E-state index contributed by atoms with van der Waals surface area (Å²) in [5.41, 5.74) is 2.70. The smallest absolute Gasteiger partial charge is 0.0602 e. The molecular formula is C24H35ClN2O2. The number of rotatable bonds is 7. The topological polar surface area (TPSA) is 55.7 Å². The standard InChI is InChI=1S/C18H21NO.C5H11NO.CH3Cl/c20-12-11-15-13-19(14-15)18(16-7-3-1-4-8-16)17-9-5-2-6-10-17;7-2-1-5-3-6-4-5;1-2/h1-10,15,18,20H,11-14H2;5-7H,1-4H2;1H3. The van der Waals surface area contributed by atoms with Gasteiger partial charge in [-0.25, -0.2) is 0 Å². The molecule has 2 aliphatic rings. The van der Waals surface area contributed by atoms with Gasteiger partial charge in [0.1, 0.15) is 0 Å². The highest BCUT2D eigenvalue weighted by Crippen LogP contribution is 2.34. The second-order valence-corrected chi connectivity index (χ2v) is 7.59. The average molecular weight is 419 g/mol. The Labute approximate surface area is 180 Å². The zero-order chi connectivity index (χ0) is 20.9. The maximum Gasteiger partial charge on any atom is 0.0602 e. The van der Waals surface area contributed by atoms with E-state index < -0.39 is 0 Å². The minimum atomic E-state index is 0.305. The summed E-state index contributed by atoms with van der Waals surface area (Å²) in [6.07, 6.45) is 3.37. The highest BCUT2D eigenvalue weighted by atomic mass is 35.5. The Balaban J connectivity index is 0.000000280. The van der Waals surface area contributed by atoms with Gasteiger partial charge in [0.2, 0.25) is 0 Å². The Hall–Kier alpha value is -1.43. The SMILES string of the molecule is CCl.OCCC1CN(C(c2ccccc2)c2ccccc2)C1.OCCC1CNC1. The Kier molecular flexibility index (Phi) is 11.3. The number of halogens is 1. The van der Waals surface area contributed by atoms with Gasteiger partial charge in [-0.15, -0.1) is 11.6 Å². The van der Waals surface area contributed by atoms with Crippen molar-refractivity contribution in [3.63, 3.8) is 0 Å². The largest absolute Gasteiger partial charge is 0.396 e. The van der Waals surface area contributed by atoms with Crippen molar-refractivity contribution < 1.29 is 10.2 Å². The predicted octanol–water partition coefficient (Wildman–Crippen LogP) is 3.53. The third kappa shape index (κ3) is 7.40. The number of alkyl halides is 1. The molecule has 4 nitrogen and oxygen atoms in total. The van der Waals surface area contributed by atoms with E-state index in [-0.39, 0.29) is 0 Å². The molecule has 2 aromatic rings. The second kappa shape index (κ2) is 13.7. The van der Waals surface area contributed by atoms with Crippen LogP contribution in [0.2, 0.25) is 0 Å². The lowest BCUT2D eigenvalue weighted by Gasteiger charge is -2.44. The molecule has 2 aliphatic heterocycles. The van der Waals surface area contributed by atoms with Gasteiger partial charge >= 0.3 is 0 Å². The van der Waals surface area contributed by atoms with Crippen LogP contribution in [0, 0.1) is 11.8 Å². The minimum Gasteiger partial charge on any atom is -0.396 e. The molecule has 29 heavy (non-hydrogen) atoms. The van der Waals surface area contributed by atoms with E-state index in [1.807, 2.05) is 0 Å². The Morgan fingerprint density at radius 2 is 1.28 bits per heavy atom. The number of hydrogen-bond donors (Lipinski definition) is 3. The highest BCUT2D eigenvalue weighted by molar-refractivity contribution is 6.15. The molecule has 0 atom stereocenters. The van der Waals surface area contributed by atoms with Crippen molar-refractivity contribution in [3.8, 4) is 0 Å². The zero-order valence-electron chi connectivity index (χ0n) is 17.4. The number of aliphatic hydroxyl groups is 2. The molecule has 0 radical (unpaired) electrons. The summed E-state index contributed by atoms with van der Waals surface area (Å²) in [7, 11) is 0. The van der Waals surface area contributed by atoms with Crippen LogP contribution in [0.1, 0.15) is 30.0 Å². The quantitative estimate of drug-likeness (QED) is 0.602. The number of nitrogens with one attached hydrogen (secondary N) is 1. The fourth-order valence-corrected chi connectivity index (χ4v) is 3.81. The van der Waals surface area contributed by atoms with Crippen LogP contribution in [-0.2, 0) is 0 Å². The molecule has 0 amide bonds. The molecule has 0 saturated carbocycles. The van der Waals surface area contributed by atoms with Gasteiger partial charge in [0, 0.05) is 32.7 Å². The first-order valence-electron chi connectivity index (χ1n) is 10.5. The van der Waals surface area contributed by atoms with Crippen LogP contribution in [0.5, 0.6) is 0 Å². The van der Waals surface area contributed by atoms with Crippen molar-refractivity contribution in [3.05, 3.63) is 71.8 Å². The molecule has 160 valence electrons. The fraction of sp³-hybridized carbons (Fsp3) is 0.500. The lowest BCUT2D eigenvalue weighted by atomic mass is 9.89. The van der Waals surface area contributed by atoms with Gasteiger partial charge in [-0.1, -0.05) is 60.7 Å². The molecule has 3 N–H and O–H groups in total. The molecule has 2 saturated heterocycles. The molecule has 0 aliphatic carbocycles. The lowest BCUT2D eigenvalue weighted by Crippen LogP contribution is -2.49. The van der Waals surface area contributed by atoms with Gasteiger partial charge in [0.25, 0.3) is 0 Å². The highest BCUT2D eigenvalue weighted by Gasteiger charge is 2.33. The van der Waals surface area contributed by atoms with E-state index in [9.17, 15) is 0 Å².